The number of amides is 2. The fraction of sp³-hybridized carbons (Fsp3) is 0.375. The van der Waals surface area contributed by atoms with Gasteiger partial charge in [-0.1, -0.05) is 45.0 Å². The maximum atomic E-state index is 12.3. The Labute approximate surface area is 178 Å². The van der Waals surface area contributed by atoms with E-state index in [1.807, 2.05) is 38.1 Å². The molecule has 0 aromatic heterocycles. The molecule has 2 aromatic rings. The number of hydrogen-bond acceptors (Lipinski definition) is 4. The number of benzene rings is 2. The van der Waals surface area contributed by atoms with Gasteiger partial charge in [-0.15, -0.1) is 0 Å². The lowest BCUT2D eigenvalue weighted by Crippen LogP contribution is -2.36. The van der Waals surface area contributed by atoms with Gasteiger partial charge in [0.25, 0.3) is 11.8 Å². The van der Waals surface area contributed by atoms with Crippen LogP contribution in [-0.4, -0.2) is 30.4 Å². The number of aryl methyl sites for hydroxylation is 1. The van der Waals surface area contributed by atoms with Crippen molar-refractivity contribution in [1.82, 2.24) is 5.32 Å². The number of rotatable bonds is 6. The van der Waals surface area contributed by atoms with Gasteiger partial charge < -0.3 is 15.4 Å². The van der Waals surface area contributed by atoms with Crippen molar-refractivity contribution in [2.75, 3.05) is 11.9 Å². The summed E-state index contributed by atoms with van der Waals surface area (Å²) < 4.78 is 5.14. The van der Waals surface area contributed by atoms with E-state index in [0.29, 0.717) is 11.3 Å². The number of esters is 1. The summed E-state index contributed by atoms with van der Waals surface area (Å²) in [6.07, 6.45) is -0.986. The van der Waals surface area contributed by atoms with Crippen molar-refractivity contribution < 1.29 is 19.1 Å². The Balaban J connectivity index is 1.85. The Morgan fingerprint density at radius 1 is 1.00 bits per heavy atom. The third-order valence-electron chi connectivity index (χ3n) is 4.95. The lowest BCUT2D eigenvalue weighted by Gasteiger charge is -2.19. The molecule has 0 aliphatic heterocycles. The zero-order chi connectivity index (χ0) is 22.5. The van der Waals surface area contributed by atoms with Crippen molar-refractivity contribution in [3.63, 3.8) is 0 Å². The molecule has 0 heterocycles. The third-order valence-corrected chi connectivity index (χ3v) is 4.95. The summed E-state index contributed by atoms with van der Waals surface area (Å²) >= 11 is 0. The first-order valence-corrected chi connectivity index (χ1v) is 9.94. The summed E-state index contributed by atoms with van der Waals surface area (Å²) in [6, 6.07) is 12.8. The zero-order valence-corrected chi connectivity index (χ0v) is 18.5. The highest BCUT2D eigenvalue weighted by Crippen LogP contribution is 2.22. The van der Waals surface area contributed by atoms with E-state index in [2.05, 4.69) is 31.4 Å². The standard InChI is InChI=1S/C24H30N2O4/c1-15-8-7-9-20(16(15)2)26-22(28)17(3)30-21(27)14-25-23(29)18-10-12-19(13-11-18)24(4,5)6/h7-13,17H,14H2,1-6H3,(H,25,29)(H,26,28). The Morgan fingerprint density at radius 3 is 2.23 bits per heavy atom. The fourth-order valence-corrected chi connectivity index (χ4v) is 2.79. The normalized spacial score (nSPS) is 12.1. The molecule has 0 fully saturated rings. The maximum absolute atomic E-state index is 12.3. The predicted octanol–water partition coefficient (Wildman–Crippen LogP) is 3.90. The van der Waals surface area contributed by atoms with Crippen molar-refractivity contribution in [1.29, 1.82) is 0 Å². The summed E-state index contributed by atoms with van der Waals surface area (Å²) in [4.78, 5) is 36.6. The average molecular weight is 411 g/mol. The Morgan fingerprint density at radius 2 is 1.63 bits per heavy atom. The lowest BCUT2D eigenvalue weighted by atomic mass is 9.87. The summed E-state index contributed by atoms with van der Waals surface area (Å²) in [5, 5.41) is 5.28. The molecule has 2 rings (SSSR count). The quantitative estimate of drug-likeness (QED) is 0.708. The molecule has 6 nitrogen and oxygen atoms in total. The molecular weight excluding hydrogens is 380 g/mol. The highest BCUT2D eigenvalue weighted by molar-refractivity contribution is 5.97. The van der Waals surface area contributed by atoms with Crippen LogP contribution in [0.1, 0.15) is 54.7 Å². The van der Waals surface area contributed by atoms with Crippen LogP contribution in [0.5, 0.6) is 0 Å². The SMILES string of the molecule is Cc1cccc(NC(=O)C(C)OC(=O)CNC(=O)c2ccc(C(C)(C)C)cc2)c1C. The van der Waals surface area contributed by atoms with E-state index in [4.69, 9.17) is 4.74 Å². The molecular formula is C24H30N2O4. The van der Waals surface area contributed by atoms with Crippen LogP contribution in [0.4, 0.5) is 5.69 Å². The molecule has 0 saturated carbocycles. The van der Waals surface area contributed by atoms with Crippen molar-refractivity contribution in [3.05, 3.63) is 64.7 Å². The van der Waals surface area contributed by atoms with E-state index in [1.54, 1.807) is 18.2 Å². The third kappa shape index (κ3) is 6.17. The van der Waals surface area contributed by atoms with Crippen molar-refractivity contribution in [3.8, 4) is 0 Å². The molecule has 0 aliphatic rings. The van der Waals surface area contributed by atoms with Crippen LogP contribution in [0.25, 0.3) is 0 Å². The molecule has 1 atom stereocenters. The minimum atomic E-state index is -0.986. The minimum Gasteiger partial charge on any atom is -0.451 e. The second-order valence-electron chi connectivity index (χ2n) is 8.38. The second kappa shape index (κ2) is 9.57. The molecule has 2 N–H and O–H groups in total. The first kappa shape index (κ1) is 23.1. The highest BCUT2D eigenvalue weighted by atomic mass is 16.5. The Bertz CT molecular complexity index is 927. The molecule has 2 aromatic carbocycles. The van der Waals surface area contributed by atoms with Gasteiger partial charge in [-0.05, 0) is 61.1 Å². The number of anilines is 1. The predicted molar refractivity (Wildman–Crippen MR) is 118 cm³/mol. The maximum Gasteiger partial charge on any atom is 0.326 e. The van der Waals surface area contributed by atoms with E-state index in [0.717, 1.165) is 16.7 Å². The van der Waals surface area contributed by atoms with Crippen molar-refractivity contribution >= 4 is 23.5 Å². The molecule has 0 bridgehead atoms. The van der Waals surface area contributed by atoms with Gasteiger partial charge in [0.2, 0.25) is 0 Å². The number of nitrogens with one attached hydrogen (secondary N) is 2. The van der Waals surface area contributed by atoms with Crippen LogP contribution >= 0.6 is 0 Å². The van der Waals surface area contributed by atoms with E-state index >= 15 is 0 Å². The molecule has 0 aliphatic carbocycles. The molecule has 6 heteroatoms. The number of hydrogen-bond donors (Lipinski definition) is 2. The lowest BCUT2D eigenvalue weighted by molar-refractivity contribution is -0.152. The fourth-order valence-electron chi connectivity index (χ4n) is 2.79. The smallest absolute Gasteiger partial charge is 0.326 e. The molecule has 0 saturated heterocycles. The first-order valence-electron chi connectivity index (χ1n) is 9.94. The number of carbonyl (C=O) groups is 3. The van der Waals surface area contributed by atoms with E-state index in [1.165, 1.54) is 6.92 Å². The largest absolute Gasteiger partial charge is 0.451 e. The molecule has 0 spiro atoms. The van der Waals surface area contributed by atoms with Crippen LogP contribution in [-0.2, 0) is 19.7 Å². The molecule has 0 radical (unpaired) electrons. The van der Waals surface area contributed by atoms with Crippen molar-refractivity contribution in [2.45, 2.75) is 53.1 Å². The van der Waals surface area contributed by atoms with Gasteiger partial charge >= 0.3 is 5.97 Å². The highest BCUT2D eigenvalue weighted by Gasteiger charge is 2.20. The van der Waals surface area contributed by atoms with Crippen LogP contribution in [0, 0.1) is 13.8 Å². The number of ether oxygens (including phenoxy) is 1. The van der Waals surface area contributed by atoms with Gasteiger partial charge in [-0.25, -0.2) is 0 Å². The summed E-state index contributed by atoms with van der Waals surface area (Å²) in [6.45, 7) is 11.3. The van der Waals surface area contributed by atoms with E-state index in [-0.39, 0.29) is 17.9 Å². The van der Waals surface area contributed by atoms with Gasteiger partial charge in [0.15, 0.2) is 6.10 Å². The monoisotopic (exact) mass is 410 g/mol. The van der Waals surface area contributed by atoms with Crippen LogP contribution in [0.15, 0.2) is 42.5 Å². The van der Waals surface area contributed by atoms with E-state index < -0.39 is 18.0 Å². The zero-order valence-electron chi connectivity index (χ0n) is 18.5. The van der Waals surface area contributed by atoms with Crippen LogP contribution < -0.4 is 10.6 Å². The van der Waals surface area contributed by atoms with E-state index in [9.17, 15) is 14.4 Å². The van der Waals surface area contributed by atoms with Crippen LogP contribution in [0.3, 0.4) is 0 Å². The Kier molecular flexibility index (Phi) is 7.38. The molecule has 160 valence electrons. The summed E-state index contributed by atoms with van der Waals surface area (Å²) in [5.74, 6) is -1.49. The van der Waals surface area contributed by atoms with Crippen molar-refractivity contribution in [2.24, 2.45) is 0 Å². The topological polar surface area (TPSA) is 84.5 Å². The minimum absolute atomic E-state index is 0.00743. The molecule has 2 amide bonds. The molecule has 1 unspecified atom stereocenters. The number of carbonyl (C=O) groups excluding carboxylic acids is 3. The van der Waals surface area contributed by atoms with Gasteiger partial charge in [0.1, 0.15) is 6.54 Å². The summed E-state index contributed by atoms with van der Waals surface area (Å²) in [7, 11) is 0. The Hall–Kier alpha value is -3.15. The average Bonchev–Trinajstić information content (AvgIpc) is 2.69. The molecule has 30 heavy (non-hydrogen) atoms. The van der Waals surface area contributed by atoms with Gasteiger partial charge in [0.05, 0.1) is 0 Å². The van der Waals surface area contributed by atoms with Gasteiger partial charge in [0, 0.05) is 11.3 Å². The summed E-state index contributed by atoms with van der Waals surface area (Å²) in [5.41, 5.74) is 4.24. The second-order valence-corrected chi connectivity index (χ2v) is 8.38. The van der Waals surface area contributed by atoms with Crippen LogP contribution in [0.2, 0.25) is 0 Å². The first-order chi connectivity index (χ1) is 14.0. The van der Waals surface area contributed by atoms with Gasteiger partial charge in [-0.3, -0.25) is 14.4 Å². The van der Waals surface area contributed by atoms with Gasteiger partial charge in [-0.2, -0.15) is 0 Å².